The molecule has 2 heterocycles. The molecule has 3 aromatic rings. The van der Waals surface area contributed by atoms with Crippen LogP contribution in [0.15, 0.2) is 72.1 Å². The van der Waals surface area contributed by atoms with Crippen molar-refractivity contribution in [2.45, 2.75) is 12.2 Å². The van der Waals surface area contributed by atoms with Crippen LogP contribution in [0.25, 0.3) is 5.70 Å². The van der Waals surface area contributed by atoms with Crippen molar-refractivity contribution in [2.75, 3.05) is 0 Å². The van der Waals surface area contributed by atoms with Crippen molar-refractivity contribution in [3.05, 3.63) is 93.1 Å². The van der Waals surface area contributed by atoms with E-state index in [4.69, 9.17) is 11.6 Å². The van der Waals surface area contributed by atoms with Gasteiger partial charge in [0.05, 0.1) is 11.7 Å². The molecule has 0 spiro atoms. The number of thiophene rings is 1. The Labute approximate surface area is 155 Å². The zero-order valence-electron chi connectivity index (χ0n) is 13.3. The quantitative estimate of drug-likeness (QED) is 0.604. The van der Waals surface area contributed by atoms with Gasteiger partial charge in [-0.15, -0.1) is 11.3 Å². The molecular weight excluding hydrogens is 352 g/mol. The van der Waals surface area contributed by atoms with Crippen LogP contribution in [0, 0.1) is 0 Å². The van der Waals surface area contributed by atoms with Gasteiger partial charge in [-0.05, 0) is 41.3 Å². The van der Waals surface area contributed by atoms with Crippen LogP contribution in [-0.2, 0) is 0 Å². The highest BCUT2D eigenvalue weighted by Crippen LogP contribution is 2.34. The van der Waals surface area contributed by atoms with Gasteiger partial charge in [0.25, 0.3) is 0 Å². The second-order valence-electron chi connectivity index (χ2n) is 5.89. The van der Waals surface area contributed by atoms with Crippen LogP contribution in [0.3, 0.4) is 0 Å². The highest BCUT2D eigenvalue weighted by Gasteiger charge is 2.25. The van der Waals surface area contributed by atoms with Crippen LogP contribution in [0.4, 0.5) is 0 Å². The van der Waals surface area contributed by atoms with Crippen molar-refractivity contribution >= 4 is 28.6 Å². The third-order valence-electron chi connectivity index (χ3n) is 4.24. The van der Waals surface area contributed by atoms with E-state index < -0.39 is 0 Å². The number of nitrogens with one attached hydrogen (secondary N) is 2. The molecular formula is C20H17ClN2OS. The average molecular weight is 369 g/mol. The molecule has 126 valence electrons. The predicted octanol–water partition coefficient (Wildman–Crippen LogP) is 5.08. The highest BCUT2D eigenvalue weighted by molar-refractivity contribution is 7.11. The lowest BCUT2D eigenvalue weighted by atomic mass is 10.00. The highest BCUT2D eigenvalue weighted by atomic mass is 35.5. The lowest BCUT2D eigenvalue weighted by Gasteiger charge is -2.33. The number of para-hydroxylation sites is 1. The first kappa shape index (κ1) is 16.2. The smallest absolute Gasteiger partial charge is 0.120 e. The lowest BCUT2D eigenvalue weighted by Crippen LogP contribution is -2.39. The molecule has 1 aliphatic rings. The topological polar surface area (TPSA) is 44.3 Å². The van der Waals surface area contributed by atoms with Crippen LogP contribution in [0.5, 0.6) is 5.75 Å². The summed E-state index contributed by atoms with van der Waals surface area (Å²) in [5.41, 5.74) is 3.01. The molecule has 4 rings (SSSR count). The van der Waals surface area contributed by atoms with Gasteiger partial charge in [-0.3, -0.25) is 5.32 Å². The lowest BCUT2D eigenvalue weighted by molar-refractivity contribution is 0.419. The maximum Gasteiger partial charge on any atom is 0.120 e. The van der Waals surface area contributed by atoms with E-state index in [2.05, 4.69) is 28.2 Å². The summed E-state index contributed by atoms with van der Waals surface area (Å²) in [6.45, 7) is 0. The normalized spacial score (nSPS) is 20.0. The Morgan fingerprint density at radius 1 is 0.960 bits per heavy atom. The fraction of sp³-hybridized carbons (Fsp3) is 0.100. The Morgan fingerprint density at radius 2 is 1.76 bits per heavy atom. The van der Waals surface area contributed by atoms with Gasteiger partial charge in [0, 0.05) is 15.5 Å². The van der Waals surface area contributed by atoms with Crippen molar-refractivity contribution in [1.82, 2.24) is 10.6 Å². The number of rotatable bonds is 3. The van der Waals surface area contributed by atoms with Crippen molar-refractivity contribution in [1.29, 1.82) is 0 Å². The van der Waals surface area contributed by atoms with Crippen LogP contribution < -0.4 is 10.6 Å². The molecule has 25 heavy (non-hydrogen) atoms. The van der Waals surface area contributed by atoms with E-state index in [1.54, 1.807) is 17.4 Å². The van der Waals surface area contributed by atoms with Crippen LogP contribution in [0.1, 0.15) is 28.2 Å². The average Bonchev–Trinajstić information content (AvgIpc) is 3.17. The number of phenolic OH excluding ortho intramolecular Hbond substituents is 1. The molecule has 5 heteroatoms. The maximum absolute atomic E-state index is 10.3. The monoisotopic (exact) mass is 368 g/mol. The summed E-state index contributed by atoms with van der Waals surface area (Å²) in [4.78, 5) is 1.17. The second kappa shape index (κ2) is 6.92. The number of hydrogen-bond donors (Lipinski definition) is 3. The molecule has 0 saturated heterocycles. The molecule has 3 N–H and O–H groups in total. The molecule has 3 nitrogen and oxygen atoms in total. The Morgan fingerprint density at radius 3 is 2.48 bits per heavy atom. The fourth-order valence-corrected chi connectivity index (χ4v) is 3.83. The number of aromatic hydroxyl groups is 1. The summed E-state index contributed by atoms with van der Waals surface area (Å²) < 4.78 is 0. The standard InChI is InChI=1S/C20H17ClN2OS/c21-14-9-7-13(8-10-14)20-22-16(15-4-1-2-5-18(15)24)12-17(23-20)19-6-3-11-25-19/h1-12,16,20,22-24H. The number of benzene rings is 2. The molecule has 2 atom stereocenters. The van der Waals surface area contributed by atoms with Gasteiger partial charge in [0.15, 0.2) is 0 Å². The summed E-state index contributed by atoms with van der Waals surface area (Å²) >= 11 is 7.71. The number of hydrogen-bond acceptors (Lipinski definition) is 4. The summed E-state index contributed by atoms with van der Waals surface area (Å²) in [5.74, 6) is 0.290. The number of phenols is 1. The van der Waals surface area contributed by atoms with E-state index >= 15 is 0 Å². The van der Waals surface area contributed by atoms with E-state index in [1.807, 2.05) is 48.5 Å². The fourth-order valence-electron chi connectivity index (χ4n) is 2.99. The van der Waals surface area contributed by atoms with E-state index in [0.717, 1.165) is 16.8 Å². The summed E-state index contributed by atoms with van der Waals surface area (Å²) in [6, 6.07) is 19.3. The zero-order chi connectivity index (χ0) is 17.2. The van der Waals surface area contributed by atoms with Gasteiger partial charge < -0.3 is 10.4 Å². The van der Waals surface area contributed by atoms with Gasteiger partial charge in [0.1, 0.15) is 11.9 Å². The van der Waals surface area contributed by atoms with Crippen LogP contribution in [-0.4, -0.2) is 5.11 Å². The molecule has 0 bridgehead atoms. The first-order valence-electron chi connectivity index (χ1n) is 8.02. The first-order chi connectivity index (χ1) is 12.2. The molecule has 1 aliphatic heterocycles. The Kier molecular flexibility index (Phi) is 4.49. The van der Waals surface area contributed by atoms with Crippen molar-refractivity contribution in [3.63, 3.8) is 0 Å². The summed E-state index contributed by atoms with van der Waals surface area (Å²) in [7, 11) is 0. The van der Waals surface area contributed by atoms with E-state index in [1.165, 1.54) is 4.88 Å². The Bertz CT molecular complexity index is 890. The van der Waals surface area contributed by atoms with Gasteiger partial charge in [-0.25, -0.2) is 0 Å². The largest absolute Gasteiger partial charge is 0.508 e. The predicted molar refractivity (Wildman–Crippen MR) is 104 cm³/mol. The minimum absolute atomic E-state index is 0.0797. The third kappa shape index (κ3) is 3.42. The van der Waals surface area contributed by atoms with Gasteiger partial charge in [-0.1, -0.05) is 48.0 Å². The first-order valence-corrected chi connectivity index (χ1v) is 9.28. The van der Waals surface area contributed by atoms with E-state index in [9.17, 15) is 5.11 Å². The molecule has 0 aliphatic carbocycles. The van der Waals surface area contributed by atoms with Crippen LogP contribution >= 0.6 is 22.9 Å². The Hall–Kier alpha value is -2.27. The molecule has 0 saturated carbocycles. The molecule has 0 radical (unpaired) electrons. The van der Waals surface area contributed by atoms with E-state index in [0.29, 0.717) is 10.8 Å². The van der Waals surface area contributed by atoms with Crippen molar-refractivity contribution in [2.24, 2.45) is 0 Å². The molecule has 1 aromatic heterocycles. The SMILES string of the molecule is Oc1ccccc1C1C=C(c2cccs2)NC(c2ccc(Cl)cc2)N1. The Balaban J connectivity index is 1.74. The van der Waals surface area contributed by atoms with Gasteiger partial charge in [-0.2, -0.15) is 0 Å². The van der Waals surface area contributed by atoms with Gasteiger partial charge >= 0.3 is 0 Å². The van der Waals surface area contributed by atoms with Crippen molar-refractivity contribution < 1.29 is 5.11 Å². The van der Waals surface area contributed by atoms with Crippen LogP contribution in [0.2, 0.25) is 5.02 Å². The zero-order valence-corrected chi connectivity index (χ0v) is 14.9. The van der Waals surface area contributed by atoms with E-state index in [-0.39, 0.29) is 12.2 Å². The molecule has 2 unspecified atom stereocenters. The van der Waals surface area contributed by atoms with Crippen molar-refractivity contribution in [3.8, 4) is 5.75 Å². The second-order valence-corrected chi connectivity index (χ2v) is 7.27. The number of halogens is 1. The molecule has 0 amide bonds. The summed E-state index contributed by atoms with van der Waals surface area (Å²) in [5, 5.41) is 20.1. The molecule has 2 aromatic carbocycles. The third-order valence-corrected chi connectivity index (χ3v) is 5.40. The summed E-state index contributed by atoms with van der Waals surface area (Å²) in [6.07, 6.45) is 2.04. The maximum atomic E-state index is 10.3. The molecule has 0 fully saturated rings. The minimum Gasteiger partial charge on any atom is -0.508 e. The van der Waals surface area contributed by atoms with Gasteiger partial charge in [0.2, 0.25) is 0 Å². The minimum atomic E-state index is -0.0970.